The van der Waals surface area contributed by atoms with Crippen molar-refractivity contribution in [2.75, 3.05) is 41.4 Å². The van der Waals surface area contributed by atoms with Crippen LogP contribution in [0.3, 0.4) is 0 Å². The van der Waals surface area contributed by atoms with Crippen molar-refractivity contribution in [3.05, 3.63) is 35.9 Å². The van der Waals surface area contributed by atoms with Crippen molar-refractivity contribution >= 4 is 47.3 Å². The van der Waals surface area contributed by atoms with Crippen molar-refractivity contribution in [2.24, 2.45) is 23.7 Å². The Labute approximate surface area is 397 Å². The summed E-state index contributed by atoms with van der Waals surface area (Å²) < 4.78 is 11.9. The molecule has 0 bridgehead atoms. The number of hydrogen-bond donors (Lipinski definition) is 3. The number of carboxylic acid groups (broad SMARTS) is 1. The standard InChI is InChI=1S/C50H76N6O11/c1-12-33(6)45(38(66-10)30-42(60)55-28-20-23-37(55)46(67-11)34(7)47(61)51-36(50(64)65)29-35-21-15-13-16-22-35)54(9)49(63)43(31(2)3)52-48(62)44(32(4)5)53(8)39(57)24-17-14-18-27-56-40(58)25-19-26-41(56)59/h13,15-16,21-22,31-34,36-38,43-46H,12,14,17-18,20,23-25,27-30H2,1-11H3,(H,51,61)(H,52,62)(H,64,65)/t33?,34?,36?,37?,38?,43-,44?,45?,46?/m0/s1. The number of methoxy groups -OCH3 is 2. The van der Waals surface area contributed by atoms with Crippen LogP contribution in [0.15, 0.2) is 30.3 Å². The van der Waals surface area contributed by atoms with Gasteiger partial charge in [0.1, 0.15) is 18.1 Å². The first-order chi connectivity index (χ1) is 31.7. The number of nitrogens with one attached hydrogen (secondary N) is 2. The number of unbranched alkanes of at least 4 members (excludes halogenated alkanes) is 2. The molecule has 372 valence electrons. The highest BCUT2D eigenvalue weighted by Gasteiger charge is 2.44. The average Bonchev–Trinajstić information content (AvgIpc) is 3.78. The van der Waals surface area contributed by atoms with Gasteiger partial charge in [-0.15, -0.1) is 0 Å². The van der Waals surface area contributed by atoms with Crippen LogP contribution in [0.5, 0.6) is 0 Å². The summed E-state index contributed by atoms with van der Waals surface area (Å²) in [5, 5.41) is 15.6. The minimum absolute atomic E-state index is 0.0122. The van der Waals surface area contributed by atoms with E-state index in [0.717, 1.165) is 10.5 Å². The average molecular weight is 937 g/mol. The van der Waals surface area contributed by atoms with Gasteiger partial charge in [-0.2, -0.15) is 0 Å². The fourth-order valence-electron chi connectivity index (χ4n) is 9.31. The first kappa shape index (κ1) is 56.0. The van der Waals surface area contributed by atoms with Gasteiger partial charge in [0.25, 0.3) is 0 Å². The summed E-state index contributed by atoms with van der Waals surface area (Å²) in [6, 6.07) is 4.95. The fraction of sp³-hybridized carbons (Fsp3) is 0.680. The molecule has 1 aromatic carbocycles. The van der Waals surface area contributed by atoms with E-state index >= 15 is 0 Å². The number of nitrogens with zero attached hydrogens (tertiary/aromatic N) is 4. The second kappa shape index (κ2) is 26.9. The van der Waals surface area contributed by atoms with E-state index in [1.807, 2.05) is 47.6 Å². The minimum atomic E-state index is -1.16. The molecule has 1 aromatic rings. The van der Waals surface area contributed by atoms with Gasteiger partial charge in [-0.1, -0.05) is 97.6 Å². The number of carboxylic acids is 1. The van der Waals surface area contributed by atoms with Crippen molar-refractivity contribution < 1.29 is 52.9 Å². The summed E-state index contributed by atoms with van der Waals surface area (Å²) in [5.74, 6) is -0.500. The van der Waals surface area contributed by atoms with E-state index in [0.29, 0.717) is 45.1 Å². The van der Waals surface area contributed by atoms with E-state index in [-0.39, 0.29) is 73.6 Å². The third-order valence-electron chi connectivity index (χ3n) is 13.4. The minimum Gasteiger partial charge on any atom is -0.480 e. The maximum absolute atomic E-state index is 14.6. The number of hydrogen-bond acceptors (Lipinski definition) is 10. The Bertz CT molecular complexity index is 1930. The summed E-state index contributed by atoms with van der Waals surface area (Å²) in [7, 11) is 6.20. The van der Waals surface area contributed by atoms with Crippen LogP contribution in [0.25, 0.3) is 0 Å². The Hall–Kier alpha value is -5.34. The first-order valence-electron chi connectivity index (χ1n) is 23.8. The predicted octanol–water partition coefficient (Wildman–Crippen LogP) is 3.67. The van der Waals surface area contributed by atoms with Crippen LogP contribution < -0.4 is 10.6 Å². The number of imide groups is 1. The molecule has 17 nitrogen and oxygen atoms in total. The molecular formula is C50H76N6O11. The normalized spacial score (nSPS) is 18.5. The number of likely N-dealkylation sites (tertiary alicyclic amines) is 1. The topological polar surface area (TPSA) is 212 Å². The summed E-state index contributed by atoms with van der Waals surface area (Å²) in [4.78, 5) is 112. The lowest BCUT2D eigenvalue weighted by atomic mass is 9.89. The number of rotatable bonds is 27. The van der Waals surface area contributed by atoms with Crippen LogP contribution in [0.4, 0.5) is 0 Å². The molecule has 0 spiro atoms. The smallest absolute Gasteiger partial charge is 0.326 e. The van der Waals surface area contributed by atoms with Crippen LogP contribution in [-0.2, 0) is 54.3 Å². The van der Waals surface area contributed by atoms with Crippen LogP contribution in [-0.4, -0.2) is 156 Å². The Morgan fingerprint density at radius 3 is 2.12 bits per heavy atom. The molecule has 9 atom stereocenters. The molecule has 17 heteroatoms. The van der Waals surface area contributed by atoms with Gasteiger partial charge in [-0.25, -0.2) is 4.79 Å². The number of amides is 7. The van der Waals surface area contributed by atoms with Gasteiger partial charge in [0.05, 0.1) is 43.1 Å². The lowest BCUT2D eigenvalue weighted by Gasteiger charge is -2.41. The van der Waals surface area contributed by atoms with Crippen molar-refractivity contribution in [1.82, 2.24) is 30.2 Å². The molecule has 8 unspecified atom stereocenters. The van der Waals surface area contributed by atoms with Crippen LogP contribution >= 0.6 is 0 Å². The van der Waals surface area contributed by atoms with Gasteiger partial charge in [0.15, 0.2) is 0 Å². The van der Waals surface area contributed by atoms with Crippen molar-refractivity contribution in [3.63, 3.8) is 0 Å². The molecule has 2 aliphatic rings. The lowest BCUT2D eigenvalue weighted by molar-refractivity contribution is -0.149. The molecule has 2 aliphatic heterocycles. The zero-order chi connectivity index (χ0) is 50.1. The quantitative estimate of drug-likeness (QED) is 0.0658. The van der Waals surface area contributed by atoms with Gasteiger partial charge < -0.3 is 39.9 Å². The maximum atomic E-state index is 14.6. The van der Waals surface area contributed by atoms with Crippen molar-refractivity contribution in [1.29, 1.82) is 0 Å². The number of likely N-dealkylation sites (N-methyl/N-ethyl adjacent to an activating group) is 2. The fourth-order valence-corrected chi connectivity index (χ4v) is 9.31. The monoisotopic (exact) mass is 937 g/mol. The zero-order valence-corrected chi connectivity index (χ0v) is 41.5. The van der Waals surface area contributed by atoms with Crippen LogP contribution in [0.2, 0.25) is 0 Å². The first-order valence-corrected chi connectivity index (χ1v) is 23.8. The van der Waals surface area contributed by atoms with E-state index in [1.165, 1.54) is 19.1 Å². The highest BCUT2D eigenvalue weighted by atomic mass is 16.5. The Morgan fingerprint density at radius 2 is 1.55 bits per heavy atom. The molecule has 1 fully saturated rings. The maximum Gasteiger partial charge on any atom is 0.326 e. The molecule has 7 amide bonds. The summed E-state index contributed by atoms with van der Waals surface area (Å²) in [6.45, 7) is 13.6. The largest absolute Gasteiger partial charge is 0.480 e. The van der Waals surface area contributed by atoms with E-state index in [9.17, 15) is 43.5 Å². The Morgan fingerprint density at radius 1 is 0.881 bits per heavy atom. The number of benzene rings is 1. The van der Waals surface area contributed by atoms with E-state index in [4.69, 9.17) is 9.47 Å². The molecule has 2 heterocycles. The van der Waals surface area contributed by atoms with E-state index < -0.39 is 72.0 Å². The van der Waals surface area contributed by atoms with Crippen LogP contribution in [0, 0.1) is 35.5 Å². The molecule has 3 rings (SSSR count). The Kier molecular flexibility index (Phi) is 22.4. The van der Waals surface area contributed by atoms with Gasteiger partial charge >= 0.3 is 11.9 Å². The van der Waals surface area contributed by atoms with E-state index in [2.05, 4.69) is 22.5 Å². The molecule has 3 N–H and O–H groups in total. The number of carbonyl (C=O) groups is 8. The van der Waals surface area contributed by atoms with Gasteiger partial charge in [0, 0.05) is 54.2 Å². The summed E-state index contributed by atoms with van der Waals surface area (Å²) in [6.07, 6.45) is 2.16. The molecule has 0 aliphatic carbocycles. The number of carbonyl (C=O) groups excluding carboxylic acids is 7. The van der Waals surface area contributed by atoms with Gasteiger partial charge in [-0.3, -0.25) is 38.5 Å². The SMILES string of the molecule is CCC(C)C(C(CC(=O)N1CCCC1C(OC)C(C)C(=O)NC(Cc1ccccc1)C(=O)O)OC)N(C)C(=O)[C@@H](NC(=O)C(C(C)C)N(C)C(=O)CCCCCN1C(=O)C#CCC1=O)C(C)C. The number of ether oxygens (including phenoxy) is 2. The molecular weight excluding hydrogens is 861 g/mol. The Balaban J connectivity index is 1.71. The molecule has 1 saturated heterocycles. The van der Waals surface area contributed by atoms with E-state index in [1.54, 1.807) is 55.1 Å². The van der Waals surface area contributed by atoms with Gasteiger partial charge in [0.2, 0.25) is 35.4 Å². The second-order valence-electron chi connectivity index (χ2n) is 18.7. The van der Waals surface area contributed by atoms with Gasteiger partial charge in [-0.05, 0) is 54.9 Å². The zero-order valence-electron chi connectivity index (χ0n) is 41.5. The van der Waals surface area contributed by atoms with Crippen LogP contribution in [0.1, 0.15) is 112 Å². The lowest BCUT2D eigenvalue weighted by Crippen LogP contribution is -2.60. The molecule has 67 heavy (non-hydrogen) atoms. The highest BCUT2D eigenvalue weighted by molar-refractivity contribution is 6.07. The molecule has 0 aromatic heterocycles. The molecule has 0 radical (unpaired) electrons. The molecule has 0 saturated carbocycles. The third-order valence-corrected chi connectivity index (χ3v) is 13.4. The van der Waals surface area contributed by atoms with Crippen molar-refractivity contribution in [3.8, 4) is 11.8 Å². The van der Waals surface area contributed by atoms with Crippen molar-refractivity contribution in [2.45, 2.75) is 155 Å². The predicted molar refractivity (Wildman–Crippen MR) is 252 cm³/mol. The summed E-state index contributed by atoms with van der Waals surface area (Å²) >= 11 is 0. The number of aliphatic carboxylic acids is 1. The highest BCUT2D eigenvalue weighted by Crippen LogP contribution is 2.30. The second-order valence-corrected chi connectivity index (χ2v) is 18.7. The summed E-state index contributed by atoms with van der Waals surface area (Å²) in [5.41, 5.74) is 0.762. The third kappa shape index (κ3) is 15.3.